The van der Waals surface area contributed by atoms with Crippen LogP contribution in [0.15, 0.2) is 48.3 Å². The number of anilines is 2. The molecular formula is C26H30F2N8O. The molecule has 9 nitrogen and oxygen atoms in total. The summed E-state index contributed by atoms with van der Waals surface area (Å²) in [6, 6.07) is 5.14. The van der Waals surface area contributed by atoms with Gasteiger partial charge in [0, 0.05) is 50.5 Å². The van der Waals surface area contributed by atoms with Gasteiger partial charge in [0.15, 0.2) is 17.6 Å². The minimum atomic E-state index is -1.57. The van der Waals surface area contributed by atoms with Crippen LogP contribution in [0.3, 0.4) is 0 Å². The van der Waals surface area contributed by atoms with Crippen molar-refractivity contribution >= 4 is 11.6 Å². The predicted molar refractivity (Wildman–Crippen MR) is 134 cm³/mol. The van der Waals surface area contributed by atoms with E-state index in [1.165, 1.54) is 6.33 Å². The number of likely N-dealkylation sites (N-methyl/N-ethyl adjacent to an activating group) is 1. The van der Waals surface area contributed by atoms with Gasteiger partial charge < -0.3 is 20.3 Å². The minimum Gasteiger partial charge on any atom is -0.439 e. The summed E-state index contributed by atoms with van der Waals surface area (Å²) >= 11 is 0. The number of hydrogen-bond acceptors (Lipinski definition) is 9. The molecule has 5 rings (SSSR count). The highest BCUT2D eigenvalue weighted by molar-refractivity contribution is 5.63. The van der Waals surface area contributed by atoms with Crippen molar-refractivity contribution in [1.29, 1.82) is 5.26 Å². The number of rotatable bonds is 7. The highest BCUT2D eigenvalue weighted by Crippen LogP contribution is 2.36. The van der Waals surface area contributed by atoms with Crippen molar-refractivity contribution in [1.82, 2.24) is 30.1 Å². The van der Waals surface area contributed by atoms with Crippen molar-refractivity contribution in [2.24, 2.45) is 5.92 Å². The fourth-order valence-electron chi connectivity index (χ4n) is 4.98. The molecule has 11 heteroatoms. The predicted octanol–water partition coefficient (Wildman–Crippen LogP) is 3.07. The van der Waals surface area contributed by atoms with Gasteiger partial charge >= 0.3 is 0 Å². The number of ether oxygens (including phenoxy) is 1. The van der Waals surface area contributed by atoms with E-state index in [1.54, 1.807) is 19.2 Å². The first-order valence-electron chi connectivity index (χ1n) is 12.5. The number of halogens is 2. The number of nitriles is 1. The standard InChI is InChI=1S/C26H30F2N8O/c1-3-35-6-8-36(9-7-35)14-17-4-5-22(30-13-17)34-25-19(12-29)26(32-15-31-25)37-21-11-20(27)24-18(23(21)28)10-16(2)33-24/h4-5,10-11,13,15,18,20,23-24,33H,3,6-9,14H2,1-2H3,(H,30,31,32,34). The lowest BCUT2D eigenvalue weighted by atomic mass is 9.87. The second-order valence-electron chi connectivity index (χ2n) is 9.52. The third kappa shape index (κ3) is 5.40. The van der Waals surface area contributed by atoms with E-state index >= 15 is 4.39 Å². The van der Waals surface area contributed by atoms with Gasteiger partial charge in [-0.2, -0.15) is 5.26 Å². The molecule has 4 unspecified atom stereocenters. The average molecular weight is 509 g/mol. The van der Waals surface area contributed by atoms with Crippen LogP contribution in [0, 0.1) is 17.2 Å². The van der Waals surface area contributed by atoms with Gasteiger partial charge in [0.2, 0.25) is 5.88 Å². The van der Waals surface area contributed by atoms with Crippen LogP contribution in [-0.4, -0.2) is 75.9 Å². The van der Waals surface area contributed by atoms with E-state index in [1.807, 2.05) is 18.2 Å². The lowest BCUT2D eigenvalue weighted by Gasteiger charge is -2.33. The molecule has 0 saturated carbocycles. The van der Waals surface area contributed by atoms with Gasteiger partial charge in [-0.25, -0.2) is 23.7 Å². The molecule has 4 heterocycles. The second-order valence-corrected chi connectivity index (χ2v) is 9.52. The fraction of sp³-hybridized carbons (Fsp3) is 0.462. The van der Waals surface area contributed by atoms with Crippen LogP contribution in [0.5, 0.6) is 5.88 Å². The zero-order valence-corrected chi connectivity index (χ0v) is 20.9. The number of nitrogens with one attached hydrogen (secondary N) is 2. The number of piperazine rings is 1. The third-order valence-electron chi connectivity index (χ3n) is 7.06. The monoisotopic (exact) mass is 508 g/mol. The third-order valence-corrected chi connectivity index (χ3v) is 7.06. The topological polar surface area (TPSA) is 102 Å². The van der Waals surface area contributed by atoms with E-state index in [-0.39, 0.29) is 23.0 Å². The number of hydrogen-bond donors (Lipinski definition) is 2. The average Bonchev–Trinajstić information content (AvgIpc) is 3.31. The van der Waals surface area contributed by atoms with Crippen molar-refractivity contribution in [3.63, 3.8) is 0 Å². The Morgan fingerprint density at radius 1 is 1.14 bits per heavy atom. The van der Waals surface area contributed by atoms with Gasteiger partial charge in [0.1, 0.15) is 30.1 Å². The molecule has 1 aliphatic carbocycles. The largest absolute Gasteiger partial charge is 0.439 e. The quantitative estimate of drug-likeness (QED) is 0.584. The van der Waals surface area contributed by atoms with Gasteiger partial charge in [-0.3, -0.25) is 4.90 Å². The maximum atomic E-state index is 15.2. The number of alkyl halides is 2. The highest BCUT2D eigenvalue weighted by Gasteiger charge is 2.44. The number of pyridine rings is 1. The van der Waals surface area contributed by atoms with E-state index in [0.29, 0.717) is 5.82 Å². The Balaban J connectivity index is 1.27. The van der Waals surface area contributed by atoms with Crippen LogP contribution in [0.4, 0.5) is 20.4 Å². The molecule has 0 radical (unpaired) electrons. The van der Waals surface area contributed by atoms with Gasteiger partial charge in [0.05, 0.1) is 6.04 Å². The molecule has 194 valence electrons. The van der Waals surface area contributed by atoms with E-state index in [4.69, 9.17) is 4.74 Å². The summed E-state index contributed by atoms with van der Waals surface area (Å²) in [5.41, 5.74) is 1.79. The second kappa shape index (κ2) is 10.8. The zero-order valence-electron chi connectivity index (χ0n) is 20.9. The number of nitrogens with zero attached hydrogens (tertiary/aromatic N) is 6. The first kappa shape index (κ1) is 25.0. The Kier molecular flexibility index (Phi) is 7.30. The molecule has 0 amide bonds. The van der Waals surface area contributed by atoms with Crippen LogP contribution in [-0.2, 0) is 6.54 Å². The van der Waals surface area contributed by atoms with Crippen LogP contribution >= 0.6 is 0 Å². The van der Waals surface area contributed by atoms with Crippen LogP contribution in [0.25, 0.3) is 0 Å². The van der Waals surface area contributed by atoms with Crippen LogP contribution in [0.2, 0.25) is 0 Å². The molecule has 2 aromatic heterocycles. The number of aromatic nitrogens is 3. The van der Waals surface area contributed by atoms with E-state index in [0.717, 1.165) is 56.6 Å². The Hall–Kier alpha value is -3.62. The first-order chi connectivity index (χ1) is 17.9. The fourth-order valence-corrected chi connectivity index (χ4v) is 4.98. The molecule has 37 heavy (non-hydrogen) atoms. The molecule has 0 spiro atoms. The molecule has 2 aromatic rings. The summed E-state index contributed by atoms with van der Waals surface area (Å²) < 4.78 is 35.5. The Morgan fingerprint density at radius 2 is 1.92 bits per heavy atom. The number of fused-ring (bicyclic) bond motifs is 1. The van der Waals surface area contributed by atoms with Crippen LogP contribution in [0.1, 0.15) is 25.0 Å². The summed E-state index contributed by atoms with van der Waals surface area (Å²) in [4.78, 5) is 17.5. The van der Waals surface area contributed by atoms with E-state index in [9.17, 15) is 9.65 Å². The summed E-state index contributed by atoms with van der Waals surface area (Å²) in [6.07, 6.45) is 2.75. The number of allylic oxidation sites excluding steroid dienone is 2. The van der Waals surface area contributed by atoms with E-state index < -0.39 is 24.3 Å². The molecule has 4 atom stereocenters. The Morgan fingerprint density at radius 3 is 2.62 bits per heavy atom. The maximum Gasteiger partial charge on any atom is 0.242 e. The SMILES string of the molecule is CCN1CCN(Cc2ccc(Nc3ncnc(OC4=CC(F)C5NC(C)=CC5C4F)c3C#N)nc2)CC1. The van der Waals surface area contributed by atoms with Crippen LogP contribution < -0.4 is 15.4 Å². The molecule has 2 N–H and O–H groups in total. The van der Waals surface area contributed by atoms with Crippen molar-refractivity contribution in [3.05, 3.63) is 59.4 Å². The lowest BCUT2D eigenvalue weighted by Crippen LogP contribution is -2.45. The van der Waals surface area contributed by atoms with Gasteiger partial charge in [-0.05, 0) is 31.2 Å². The molecule has 0 aromatic carbocycles. The van der Waals surface area contributed by atoms with Crippen molar-refractivity contribution < 1.29 is 13.5 Å². The summed E-state index contributed by atoms with van der Waals surface area (Å²) in [6.45, 7) is 10.0. The highest BCUT2D eigenvalue weighted by atomic mass is 19.1. The first-order valence-corrected chi connectivity index (χ1v) is 12.5. The smallest absolute Gasteiger partial charge is 0.242 e. The molecular weight excluding hydrogens is 478 g/mol. The van der Waals surface area contributed by atoms with Crippen molar-refractivity contribution in [3.8, 4) is 11.9 Å². The normalized spacial score (nSPS) is 25.9. The molecule has 1 saturated heterocycles. The minimum absolute atomic E-state index is 0.0240. The van der Waals surface area contributed by atoms with Gasteiger partial charge in [0.25, 0.3) is 0 Å². The lowest BCUT2D eigenvalue weighted by molar-refractivity contribution is 0.132. The zero-order chi connectivity index (χ0) is 25.9. The molecule has 2 aliphatic heterocycles. The summed E-state index contributed by atoms with van der Waals surface area (Å²) in [5, 5.41) is 15.8. The summed E-state index contributed by atoms with van der Waals surface area (Å²) in [7, 11) is 0. The Bertz CT molecular complexity index is 1220. The molecule has 3 aliphatic rings. The van der Waals surface area contributed by atoms with Gasteiger partial charge in [-0.1, -0.05) is 19.1 Å². The van der Waals surface area contributed by atoms with Crippen molar-refractivity contribution in [2.75, 3.05) is 38.0 Å². The maximum absolute atomic E-state index is 15.2. The van der Waals surface area contributed by atoms with Crippen molar-refractivity contribution in [2.45, 2.75) is 38.8 Å². The molecule has 0 bridgehead atoms. The Labute approximate surface area is 214 Å². The van der Waals surface area contributed by atoms with E-state index in [2.05, 4.69) is 42.3 Å². The summed E-state index contributed by atoms with van der Waals surface area (Å²) in [5.74, 6) is -0.384. The molecule has 1 fully saturated rings. The van der Waals surface area contributed by atoms with Gasteiger partial charge in [-0.15, -0.1) is 0 Å².